The third kappa shape index (κ3) is 2.83. The van der Waals surface area contributed by atoms with Gasteiger partial charge in [0.2, 0.25) is 5.91 Å². The molecule has 5 heteroatoms. The molecule has 3 atom stereocenters. The number of aliphatic hydroxyl groups is 1. The van der Waals surface area contributed by atoms with Crippen LogP contribution in [0.1, 0.15) is 35.2 Å². The second-order valence-electron chi connectivity index (χ2n) is 7.94. The fraction of sp³-hybridized carbons (Fsp3) is 0.571. The Balaban J connectivity index is 1.62. The quantitative estimate of drug-likeness (QED) is 0.888. The monoisotopic (exact) mass is 356 g/mol. The normalized spacial score (nSPS) is 25.7. The van der Waals surface area contributed by atoms with Gasteiger partial charge in [0.15, 0.2) is 0 Å². The van der Waals surface area contributed by atoms with E-state index >= 15 is 0 Å². The van der Waals surface area contributed by atoms with Gasteiger partial charge in [0.1, 0.15) is 0 Å². The molecule has 1 aliphatic carbocycles. The summed E-state index contributed by atoms with van der Waals surface area (Å²) in [4.78, 5) is 18.7. The fourth-order valence-electron chi connectivity index (χ4n) is 4.79. The lowest BCUT2D eigenvalue weighted by Crippen LogP contribution is -2.51. The summed E-state index contributed by atoms with van der Waals surface area (Å²) in [5.41, 5.74) is 5.76. The number of aromatic amines is 1. The average molecular weight is 356 g/mol. The molecule has 2 aliphatic rings. The molecule has 4 rings (SSSR count). The van der Waals surface area contributed by atoms with Gasteiger partial charge in [-0.15, -0.1) is 0 Å². The second kappa shape index (κ2) is 6.71. The number of aliphatic hydroxyl groups excluding tert-OH is 1. The number of nitrogens with one attached hydrogen (secondary N) is 1. The van der Waals surface area contributed by atoms with Crippen LogP contribution in [0, 0.1) is 26.7 Å². The van der Waals surface area contributed by atoms with Crippen LogP contribution in [0.4, 0.5) is 0 Å². The van der Waals surface area contributed by atoms with E-state index in [1.807, 2.05) is 4.90 Å². The van der Waals surface area contributed by atoms with Crippen LogP contribution >= 0.6 is 0 Å². The lowest BCUT2D eigenvalue weighted by atomic mass is 10.00. The minimum absolute atomic E-state index is 0.0814. The summed E-state index contributed by atoms with van der Waals surface area (Å²) >= 11 is 0. The Kier molecular flexibility index (Phi) is 4.53. The molecule has 1 aliphatic heterocycles. The number of amides is 1. The van der Waals surface area contributed by atoms with Crippen molar-refractivity contribution in [2.45, 2.75) is 52.2 Å². The molecule has 0 spiro atoms. The van der Waals surface area contributed by atoms with E-state index in [0.717, 1.165) is 29.6 Å². The lowest BCUT2D eigenvalue weighted by molar-refractivity contribution is -0.143. The van der Waals surface area contributed by atoms with Gasteiger partial charge in [-0.1, -0.05) is 12.1 Å². The number of rotatable bonds is 3. The number of benzene rings is 1. The number of hydrogen-bond acceptors (Lipinski definition) is 3. The molecule has 1 aromatic carbocycles. The number of ether oxygens (including phenoxy) is 1. The third-order valence-corrected chi connectivity index (χ3v) is 6.23. The molecule has 1 unspecified atom stereocenters. The molecule has 2 N–H and O–H groups in total. The SMILES string of the molecule is Cc1[nH]c2c(C)ccc(C)c2c1CC(=O)N1CCOC2C[C@H](CO)C[C@@H]21. The van der Waals surface area contributed by atoms with Crippen LogP contribution in [0.2, 0.25) is 0 Å². The van der Waals surface area contributed by atoms with Crippen molar-refractivity contribution in [3.63, 3.8) is 0 Å². The Hall–Kier alpha value is -1.85. The molecule has 2 aromatic rings. The fourth-order valence-corrected chi connectivity index (χ4v) is 4.79. The molecule has 2 heterocycles. The molecule has 140 valence electrons. The van der Waals surface area contributed by atoms with Crippen molar-refractivity contribution in [2.75, 3.05) is 19.8 Å². The van der Waals surface area contributed by atoms with Gasteiger partial charge in [-0.05, 0) is 56.2 Å². The summed E-state index contributed by atoms with van der Waals surface area (Å²) in [5.74, 6) is 0.421. The number of fused-ring (bicyclic) bond motifs is 2. The van der Waals surface area contributed by atoms with Crippen molar-refractivity contribution in [3.05, 3.63) is 34.5 Å². The third-order valence-electron chi connectivity index (χ3n) is 6.23. The molecule has 1 aromatic heterocycles. The topological polar surface area (TPSA) is 65.6 Å². The first-order valence-electron chi connectivity index (χ1n) is 9.59. The molecule has 2 fully saturated rings. The molecule has 26 heavy (non-hydrogen) atoms. The highest BCUT2D eigenvalue weighted by Gasteiger charge is 2.42. The molecular weight excluding hydrogens is 328 g/mol. The van der Waals surface area contributed by atoms with Crippen molar-refractivity contribution in [1.29, 1.82) is 0 Å². The van der Waals surface area contributed by atoms with E-state index in [0.29, 0.717) is 19.6 Å². The van der Waals surface area contributed by atoms with E-state index in [4.69, 9.17) is 4.74 Å². The largest absolute Gasteiger partial charge is 0.396 e. The Morgan fingerprint density at radius 2 is 2.04 bits per heavy atom. The maximum atomic E-state index is 13.2. The number of morpholine rings is 1. The van der Waals surface area contributed by atoms with Crippen molar-refractivity contribution < 1.29 is 14.6 Å². The molecule has 0 radical (unpaired) electrons. The Morgan fingerprint density at radius 3 is 2.81 bits per heavy atom. The van der Waals surface area contributed by atoms with E-state index in [9.17, 15) is 9.90 Å². The van der Waals surface area contributed by atoms with E-state index in [-0.39, 0.29) is 30.6 Å². The van der Waals surface area contributed by atoms with Crippen molar-refractivity contribution in [1.82, 2.24) is 9.88 Å². The molecule has 1 saturated carbocycles. The maximum absolute atomic E-state index is 13.2. The number of carbonyl (C=O) groups is 1. The van der Waals surface area contributed by atoms with Crippen LogP contribution in [-0.2, 0) is 16.0 Å². The predicted molar refractivity (Wildman–Crippen MR) is 101 cm³/mol. The van der Waals surface area contributed by atoms with Crippen LogP contribution in [-0.4, -0.2) is 52.8 Å². The van der Waals surface area contributed by atoms with Crippen molar-refractivity contribution in [3.8, 4) is 0 Å². The summed E-state index contributed by atoms with van der Waals surface area (Å²) in [6.45, 7) is 7.69. The smallest absolute Gasteiger partial charge is 0.227 e. The van der Waals surface area contributed by atoms with E-state index in [1.165, 1.54) is 16.5 Å². The predicted octanol–water partition coefficient (Wildman–Crippen LogP) is 2.63. The summed E-state index contributed by atoms with van der Waals surface area (Å²) in [6.07, 6.45) is 2.20. The van der Waals surface area contributed by atoms with Gasteiger partial charge >= 0.3 is 0 Å². The first-order valence-corrected chi connectivity index (χ1v) is 9.59. The van der Waals surface area contributed by atoms with Gasteiger partial charge < -0.3 is 19.7 Å². The van der Waals surface area contributed by atoms with Crippen molar-refractivity contribution >= 4 is 16.8 Å². The van der Waals surface area contributed by atoms with Gasteiger partial charge in [0.05, 0.1) is 25.2 Å². The molecule has 1 amide bonds. The van der Waals surface area contributed by atoms with Crippen LogP contribution in [0.25, 0.3) is 10.9 Å². The van der Waals surface area contributed by atoms with Crippen molar-refractivity contribution in [2.24, 2.45) is 5.92 Å². The standard InChI is InChI=1S/C21H28N2O3/c1-12-4-5-13(2)21-20(12)16(14(3)22-21)10-19(25)23-6-7-26-18-9-15(11-24)8-17(18)23/h4-5,15,17-18,22,24H,6-11H2,1-3H3/t15-,17+,18?/m1/s1. The highest BCUT2D eigenvalue weighted by molar-refractivity contribution is 5.94. The number of H-pyrrole nitrogens is 1. The summed E-state index contributed by atoms with van der Waals surface area (Å²) in [6, 6.07) is 4.37. The van der Waals surface area contributed by atoms with Crippen LogP contribution in [0.15, 0.2) is 12.1 Å². The summed E-state index contributed by atoms with van der Waals surface area (Å²) < 4.78 is 5.87. The summed E-state index contributed by atoms with van der Waals surface area (Å²) in [7, 11) is 0. The van der Waals surface area contributed by atoms with Crippen LogP contribution < -0.4 is 0 Å². The number of carbonyl (C=O) groups excluding carboxylic acids is 1. The zero-order valence-electron chi connectivity index (χ0n) is 15.8. The lowest BCUT2D eigenvalue weighted by Gasteiger charge is -2.37. The molecule has 1 saturated heterocycles. The number of hydrogen-bond donors (Lipinski definition) is 2. The van der Waals surface area contributed by atoms with E-state index < -0.39 is 0 Å². The van der Waals surface area contributed by atoms with E-state index in [1.54, 1.807) is 0 Å². The Bertz CT molecular complexity index is 841. The van der Waals surface area contributed by atoms with Gasteiger partial charge in [0, 0.05) is 29.7 Å². The zero-order valence-corrected chi connectivity index (χ0v) is 15.8. The summed E-state index contributed by atoms with van der Waals surface area (Å²) in [5, 5.41) is 10.7. The first-order chi connectivity index (χ1) is 12.5. The van der Waals surface area contributed by atoms with Gasteiger partial charge in [-0.3, -0.25) is 4.79 Å². The first kappa shape index (κ1) is 17.6. The maximum Gasteiger partial charge on any atom is 0.227 e. The van der Waals surface area contributed by atoms with Gasteiger partial charge in [0.25, 0.3) is 0 Å². The second-order valence-corrected chi connectivity index (χ2v) is 7.94. The minimum atomic E-state index is 0.0814. The average Bonchev–Trinajstić information content (AvgIpc) is 3.20. The Morgan fingerprint density at radius 1 is 1.27 bits per heavy atom. The highest BCUT2D eigenvalue weighted by atomic mass is 16.5. The van der Waals surface area contributed by atoms with Gasteiger partial charge in [-0.25, -0.2) is 0 Å². The number of aryl methyl sites for hydroxylation is 3. The van der Waals surface area contributed by atoms with E-state index in [2.05, 4.69) is 37.9 Å². The molecule has 0 bridgehead atoms. The molecule has 5 nitrogen and oxygen atoms in total. The molecular formula is C21H28N2O3. The Labute approximate surface area is 154 Å². The zero-order chi connectivity index (χ0) is 18.4. The van der Waals surface area contributed by atoms with Gasteiger partial charge in [-0.2, -0.15) is 0 Å². The number of aromatic nitrogens is 1. The number of nitrogens with zero attached hydrogens (tertiary/aromatic N) is 1. The minimum Gasteiger partial charge on any atom is -0.396 e. The van der Waals surface area contributed by atoms with Crippen LogP contribution in [0.5, 0.6) is 0 Å². The highest BCUT2D eigenvalue weighted by Crippen LogP contribution is 2.35. The van der Waals surface area contributed by atoms with Crippen LogP contribution in [0.3, 0.4) is 0 Å².